The topological polar surface area (TPSA) is 0 Å². The van der Waals surface area contributed by atoms with Crippen LogP contribution in [0, 0.1) is 0 Å². The average Bonchev–Trinajstić information content (AvgIpc) is 2.77. The van der Waals surface area contributed by atoms with Gasteiger partial charge in [-0.3, -0.25) is 0 Å². The average molecular weight is 252 g/mol. The molecule has 2 rings (SSSR count). The van der Waals surface area contributed by atoms with Gasteiger partial charge in [0.15, 0.2) is 0 Å². The Bertz CT molecular complexity index is 256. The Morgan fingerprint density at radius 3 is 1.42 bits per heavy atom. The maximum absolute atomic E-state index is 2.38. The van der Waals surface area contributed by atoms with E-state index in [1.54, 1.807) is 0 Å². The molecule has 0 heterocycles. The molecule has 0 nitrogen and oxygen atoms in total. The van der Waals surface area contributed by atoms with E-state index in [1.807, 2.05) is 0 Å². The van der Waals surface area contributed by atoms with Crippen LogP contribution in [0.3, 0.4) is 0 Å². The van der Waals surface area contributed by atoms with Crippen LogP contribution >= 0.6 is 0 Å². The van der Waals surface area contributed by atoms with E-state index in [4.69, 9.17) is 0 Å². The van der Waals surface area contributed by atoms with E-state index in [0.29, 0.717) is 0 Å². The van der Waals surface area contributed by atoms with E-state index in [1.165, 1.54) is 0 Å². The van der Waals surface area contributed by atoms with E-state index in [0.717, 1.165) is 7.25 Å². The van der Waals surface area contributed by atoms with E-state index in [-0.39, 0.29) is 0 Å². The Hall–Kier alpha value is 0.0600. The van der Waals surface area contributed by atoms with Gasteiger partial charge >= 0.3 is 83.1 Å². The molecule has 0 saturated carbocycles. The van der Waals surface area contributed by atoms with Gasteiger partial charge in [0.05, 0.1) is 0 Å². The van der Waals surface area contributed by atoms with Crippen molar-refractivity contribution in [1.82, 2.24) is 0 Å². The van der Waals surface area contributed by atoms with Crippen LogP contribution in [0.2, 0.25) is 7.25 Å². The summed E-state index contributed by atoms with van der Waals surface area (Å²) in [4.78, 5) is 0. The summed E-state index contributed by atoms with van der Waals surface area (Å²) in [6.07, 6.45) is 18.3. The second-order valence-corrected chi connectivity index (χ2v) is 14.1. The Kier molecular flexibility index (Phi) is 2.77. The zero-order chi connectivity index (χ0) is 8.39. The second-order valence-electron chi connectivity index (χ2n) is 3.17. The third-order valence-electron chi connectivity index (χ3n) is 2.35. The predicted octanol–water partition coefficient (Wildman–Crippen LogP) is 1.98. The molecule has 0 radical (unpaired) electrons. The summed E-state index contributed by atoms with van der Waals surface area (Å²) < 4.78 is 1.70. The van der Waals surface area contributed by atoms with E-state index in [2.05, 4.69) is 55.5 Å². The summed E-state index contributed by atoms with van der Waals surface area (Å²) in [7, 11) is 0. The molecular weight excluding hydrogens is 239 g/mol. The predicted molar refractivity (Wildman–Crippen MR) is 52.6 cm³/mol. The first kappa shape index (κ1) is 8.65. The third kappa shape index (κ3) is 1.70. The van der Waals surface area contributed by atoms with Crippen molar-refractivity contribution in [2.45, 2.75) is 7.25 Å². The standard InChI is InChI=1S/2C5H5.H2Si.Zr/c2*1-2-4-5-3-1;;/h2*1-5H;1H2;. The van der Waals surface area contributed by atoms with Gasteiger partial charge in [-0.25, -0.2) is 0 Å². The van der Waals surface area contributed by atoms with Crippen molar-refractivity contribution in [3.63, 3.8) is 0 Å². The third-order valence-corrected chi connectivity index (χ3v) is 14.0. The molecule has 0 aliphatic heterocycles. The van der Waals surface area contributed by atoms with E-state index in [9.17, 15) is 0 Å². The maximum atomic E-state index is 2.38. The molecule has 2 aliphatic carbocycles. The van der Waals surface area contributed by atoms with Gasteiger partial charge in [-0.2, -0.15) is 0 Å². The number of allylic oxidation sites excluding steroid dienone is 8. The first-order valence-corrected chi connectivity index (χ1v) is 13.0. The molecular formula is C10H12SiZr. The molecule has 0 fully saturated rings. The summed E-state index contributed by atoms with van der Waals surface area (Å²) in [5.74, 6) is 0. The summed E-state index contributed by atoms with van der Waals surface area (Å²) in [6.45, 7) is 2.30. The molecule has 12 heavy (non-hydrogen) atoms. The Morgan fingerprint density at radius 2 is 1.08 bits per heavy atom. The number of rotatable bonds is 2. The van der Waals surface area contributed by atoms with Crippen LogP contribution in [-0.2, 0) is 20.4 Å². The zero-order valence-corrected chi connectivity index (χ0v) is 10.9. The molecule has 0 spiro atoms. The molecule has 0 saturated heterocycles. The molecule has 0 N–H and O–H groups in total. The van der Waals surface area contributed by atoms with Crippen LogP contribution in [0.25, 0.3) is 0 Å². The molecule has 0 aromatic heterocycles. The van der Waals surface area contributed by atoms with Crippen molar-refractivity contribution >= 4 is 6.88 Å². The van der Waals surface area contributed by atoms with Crippen LogP contribution in [0.1, 0.15) is 0 Å². The first-order valence-electron chi connectivity index (χ1n) is 4.26. The zero-order valence-electron chi connectivity index (χ0n) is 6.98. The van der Waals surface area contributed by atoms with Crippen LogP contribution in [-0.4, -0.2) is 6.88 Å². The van der Waals surface area contributed by atoms with Crippen molar-refractivity contribution in [3.05, 3.63) is 48.6 Å². The van der Waals surface area contributed by atoms with Gasteiger partial charge in [0.1, 0.15) is 0 Å². The van der Waals surface area contributed by atoms with Gasteiger partial charge in [0, 0.05) is 0 Å². The molecule has 2 heteroatoms. The molecule has 0 atom stereocenters. The summed E-state index contributed by atoms with van der Waals surface area (Å²) in [6, 6.07) is 0. The fourth-order valence-electron chi connectivity index (χ4n) is 1.58. The molecule has 0 unspecified atom stereocenters. The van der Waals surface area contributed by atoms with Crippen LogP contribution in [0.4, 0.5) is 0 Å². The van der Waals surface area contributed by atoms with Crippen LogP contribution in [0.15, 0.2) is 48.6 Å². The summed E-state index contributed by atoms with van der Waals surface area (Å²) in [5.41, 5.74) is 0. The molecule has 0 amide bonds. The second kappa shape index (κ2) is 3.85. The molecule has 0 aromatic carbocycles. The van der Waals surface area contributed by atoms with Gasteiger partial charge in [-0.15, -0.1) is 0 Å². The monoisotopic (exact) mass is 250 g/mol. The van der Waals surface area contributed by atoms with Gasteiger partial charge < -0.3 is 0 Å². The summed E-state index contributed by atoms with van der Waals surface area (Å²) in [5, 5.41) is 0. The van der Waals surface area contributed by atoms with Gasteiger partial charge in [0.2, 0.25) is 0 Å². The minimum absolute atomic E-state index is 0.850. The molecule has 60 valence electrons. The van der Waals surface area contributed by atoms with Crippen LogP contribution < -0.4 is 0 Å². The fraction of sp³-hybridized carbons (Fsp3) is 0.200. The van der Waals surface area contributed by atoms with Gasteiger partial charge in [-0.05, 0) is 0 Å². The van der Waals surface area contributed by atoms with E-state index >= 15 is 0 Å². The first-order chi connectivity index (χ1) is 5.88. The van der Waals surface area contributed by atoms with E-state index < -0.39 is 20.4 Å². The quantitative estimate of drug-likeness (QED) is 0.659. The Morgan fingerprint density at radius 1 is 0.750 bits per heavy atom. The van der Waals surface area contributed by atoms with Crippen molar-refractivity contribution < 1.29 is 20.4 Å². The molecule has 2 aliphatic rings. The summed E-state index contributed by atoms with van der Waals surface area (Å²) >= 11 is -1.19. The Labute approximate surface area is 82.8 Å². The normalized spacial score (nSPS) is 21.3. The van der Waals surface area contributed by atoms with Crippen molar-refractivity contribution in [3.8, 4) is 0 Å². The molecule has 0 aromatic rings. The van der Waals surface area contributed by atoms with Gasteiger partial charge in [-0.1, -0.05) is 0 Å². The number of hydrogen-bond acceptors (Lipinski definition) is 0. The van der Waals surface area contributed by atoms with Crippen molar-refractivity contribution in [1.29, 1.82) is 0 Å². The Balaban J connectivity index is 2.09. The van der Waals surface area contributed by atoms with Crippen LogP contribution in [0.5, 0.6) is 0 Å². The SMILES string of the molecule is [SiH2]=[Zr]([CH]1C=CC=C1)[CH]1C=CC=C1. The van der Waals surface area contributed by atoms with Crippen molar-refractivity contribution in [2.75, 3.05) is 0 Å². The molecule has 0 bridgehead atoms. The fourth-order valence-corrected chi connectivity index (χ4v) is 9.42. The minimum atomic E-state index is -1.19. The van der Waals surface area contributed by atoms with Gasteiger partial charge in [0.25, 0.3) is 0 Å². The van der Waals surface area contributed by atoms with Crippen molar-refractivity contribution in [2.24, 2.45) is 0 Å². The number of hydrogen-bond donors (Lipinski definition) is 0.